The molecule has 1 aromatic heterocycles. The Bertz CT molecular complexity index is 884. The SMILES string of the molecule is C[C@]12C=CC(=O)N[C@@H]1CC[C@@H]1[C@@H]2CC[C@]2(C)[C@@H](CCC(=O)Nc3ccncc3)CC[C@@H]12. The maximum atomic E-state index is 12.5. The Morgan fingerprint density at radius 2 is 1.94 bits per heavy atom. The van der Waals surface area contributed by atoms with Gasteiger partial charge in [0.1, 0.15) is 0 Å². The lowest BCUT2D eigenvalue weighted by Crippen LogP contribution is -2.59. The first kappa shape index (κ1) is 20.7. The van der Waals surface area contributed by atoms with E-state index >= 15 is 0 Å². The molecule has 0 saturated heterocycles. The van der Waals surface area contributed by atoms with Gasteiger partial charge in [-0.1, -0.05) is 19.9 Å². The first-order valence-electron chi connectivity index (χ1n) is 12.1. The summed E-state index contributed by atoms with van der Waals surface area (Å²) in [6.45, 7) is 4.89. The Labute approximate surface area is 185 Å². The number of anilines is 1. The molecule has 0 radical (unpaired) electrons. The third kappa shape index (κ3) is 3.50. The van der Waals surface area contributed by atoms with Gasteiger partial charge in [-0.05, 0) is 92.2 Å². The van der Waals surface area contributed by atoms with E-state index in [1.54, 1.807) is 18.5 Å². The zero-order chi connectivity index (χ0) is 21.6. The highest BCUT2D eigenvalue weighted by Gasteiger charge is 2.59. The summed E-state index contributed by atoms with van der Waals surface area (Å²) < 4.78 is 0. The fourth-order valence-electron chi connectivity index (χ4n) is 7.88. The summed E-state index contributed by atoms with van der Waals surface area (Å²) in [6, 6.07) is 3.97. The van der Waals surface area contributed by atoms with Crippen LogP contribution in [0.25, 0.3) is 0 Å². The van der Waals surface area contributed by atoms with E-state index in [2.05, 4.69) is 35.5 Å². The Balaban J connectivity index is 1.25. The molecule has 2 N–H and O–H groups in total. The second kappa shape index (κ2) is 7.75. The van der Waals surface area contributed by atoms with E-state index in [1.807, 2.05) is 12.1 Å². The van der Waals surface area contributed by atoms with Gasteiger partial charge in [0.15, 0.2) is 0 Å². The van der Waals surface area contributed by atoms with Crippen molar-refractivity contribution < 1.29 is 9.59 Å². The van der Waals surface area contributed by atoms with Crippen LogP contribution in [-0.4, -0.2) is 22.8 Å². The summed E-state index contributed by atoms with van der Waals surface area (Å²) in [5.41, 5.74) is 1.28. The van der Waals surface area contributed by atoms with Crippen LogP contribution >= 0.6 is 0 Å². The van der Waals surface area contributed by atoms with Crippen molar-refractivity contribution in [3.63, 3.8) is 0 Å². The standard InChI is InChI=1S/C26H35N3O2/c1-25-13-9-21-19(5-7-22-26(21,2)14-10-24(31)29-22)20(25)6-3-17(25)4-8-23(30)28-18-11-15-27-16-12-18/h10-12,14-17,19-22H,3-9,13H2,1-2H3,(H,29,31)(H,27,28,30)/t17-,19+,20+,21+,22-,25-,26-/m1/s1. The maximum absolute atomic E-state index is 12.5. The van der Waals surface area contributed by atoms with E-state index in [0.29, 0.717) is 29.7 Å². The van der Waals surface area contributed by atoms with Crippen molar-refractivity contribution in [1.29, 1.82) is 0 Å². The third-order valence-corrected chi connectivity index (χ3v) is 9.57. The van der Waals surface area contributed by atoms with Crippen LogP contribution in [0.15, 0.2) is 36.7 Å². The Morgan fingerprint density at radius 1 is 1.13 bits per heavy atom. The van der Waals surface area contributed by atoms with Crippen LogP contribution in [-0.2, 0) is 9.59 Å². The molecule has 166 valence electrons. The smallest absolute Gasteiger partial charge is 0.243 e. The van der Waals surface area contributed by atoms with Gasteiger partial charge in [-0.3, -0.25) is 14.6 Å². The first-order valence-corrected chi connectivity index (χ1v) is 12.1. The molecule has 3 aliphatic carbocycles. The van der Waals surface area contributed by atoms with Crippen molar-refractivity contribution in [3.8, 4) is 0 Å². The molecule has 3 saturated carbocycles. The van der Waals surface area contributed by atoms with E-state index in [0.717, 1.165) is 30.4 Å². The number of carbonyl (C=O) groups excluding carboxylic acids is 2. The molecule has 0 bridgehead atoms. The van der Waals surface area contributed by atoms with E-state index in [1.165, 1.54) is 32.1 Å². The Kier molecular flexibility index (Phi) is 5.18. The van der Waals surface area contributed by atoms with Gasteiger partial charge in [0.25, 0.3) is 0 Å². The molecule has 2 amide bonds. The zero-order valence-corrected chi connectivity index (χ0v) is 18.8. The summed E-state index contributed by atoms with van der Waals surface area (Å²) in [6.07, 6.45) is 16.4. The highest BCUT2D eigenvalue weighted by Crippen LogP contribution is 2.65. The fraction of sp³-hybridized carbons (Fsp3) is 0.654. The van der Waals surface area contributed by atoms with Crippen LogP contribution in [0.4, 0.5) is 5.69 Å². The number of aromatic nitrogens is 1. The normalized spacial score (nSPS) is 41.0. The summed E-state index contributed by atoms with van der Waals surface area (Å²) >= 11 is 0. The summed E-state index contributed by atoms with van der Waals surface area (Å²) in [7, 11) is 0. The van der Waals surface area contributed by atoms with E-state index in [9.17, 15) is 9.59 Å². The van der Waals surface area contributed by atoms with Crippen molar-refractivity contribution >= 4 is 17.5 Å². The Morgan fingerprint density at radius 3 is 2.74 bits per heavy atom. The number of hydrogen-bond acceptors (Lipinski definition) is 3. The van der Waals surface area contributed by atoms with Crippen molar-refractivity contribution in [3.05, 3.63) is 36.7 Å². The minimum absolute atomic E-state index is 0.0764. The van der Waals surface area contributed by atoms with Gasteiger partial charge >= 0.3 is 0 Å². The molecule has 5 heteroatoms. The van der Waals surface area contributed by atoms with Crippen molar-refractivity contribution in [2.24, 2.45) is 34.5 Å². The molecule has 3 fully saturated rings. The van der Waals surface area contributed by atoms with Gasteiger partial charge < -0.3 is 10.6 Å². The minimum atomic E-state index is 0.0764. The predicted octanol–water partition coefficient (Wildman–Crippen LogP) is 4.71. The fourth-order valence-corrected chi connectivity index (χ4v) is 7.88. The van der Waals surface area contributed by atoms with Crippen LogP contribution in [0.2, 0.25) is 0 Å². The number of carbonyl (C=O) groups is 2. The molecule has 4 aliphatic rings. The second-order valence-electron chi connectivity index (χ2n) is 10.9. The van der Waals surface area contributed by atoms with Crippen molar-refractivity contribution in [2.45, 2.75) is 71.3 Å². The largest absolute Gasteiger partial charge is 0.349 e. The average molecular weight is 422 g/mol. The summed E-state index contributed by atoms with van der Waals surface area (Å²) in [5, 5.41) is 6.26. The number of hydrogen-bond donors (Lipinski definition) is 2. The van der Waals surface area contributed by atoms with Crippen molar-refractivity contribution in [2.75, 3.05) is 5.32 Å². The van der Waals surface area contributed by atoms with Gasteiger partial charge in [-0.15, -0.1) is 0 Å². The average Bonchev–Trinajstić information content (AvgIpc) is 3.10. The zero-order valence-electron chi connectivity index (χ0n) is 18.8. The second-order valence-corrected chi connectivity index (χ2v) is 10.9. The summed E-state index contributed by atoms with van der Waals surface area (Å²) in [5.74, 6) is 2.98. The molecule has 2 heterocycles. The van der Waals surface area contributed by atoms with Gasteiger partial charge in [0.2, 0.25) is 11.8 Å². The lowest BCUT2D eigenvalue weighted by Gasteiger charge is -2.59. The lowest BCUT2D eigenvalue weighted by atomic mass is 9.48. The Hall–Kier alpha value is -2.17. The molecular weight excluding hydrogens is 386 g/mol. The molecule has 0 unspecified atom stereocenters. The number of nitrogens with zero attached hydrogens (tertiary/aromatic N) is 1. The topological polar surface area (TPSA) is 71.1 Å². The lowest BCUT2D eigenvalue weighted by molar-refractivity contribution is -0.123. The van der Waals surface area contributed by atoms with Crippen molar-refractivity contribution in [1.82, 2.24) is 10.3 Å². The van der Waals surface area contributed by atoms with E-state index in [4.69, 9.17) is 0 Å². The minimum Gasteiger partial charge on any atom is -0.349 e. The van der Waals surface area contributed by atoms with Crippen LogP contribution in [0.3, 0.4) is 0 Å². The molecular formula is C26H35N3O2. The number of pyridine rings is 1. The highest BCUT2D eigenvalue weighted by molar-refractivity contribution is 5.90. The number of rotatable bonds is 4. The van der Waals surface area contributed by atoms with Crippen LogP contribution in [0.1, 0.15) is 65.2 Å². The molecule has 1 aromatic rings. The quantitative estimate of drug-likeness (QED) is 0.739. The first-order chi connectivity index (χ1) is 14.9. The number of fused-ring (bicyclic) bond motifs is 5. The maximum Gasteiger partial charge on any atom is 0.243 e. The third-order valence-electron chi connectivity index (χ3n) is 9.57. The highest BCUT2D eigenvalue weighted by atomic mass is 16.2. The monoisotopic (exact) mass is 421 g/mol. The van der Waals surface area contributed by atoms with Crippen LogP contribution in [0, 0.1) is 34.5 Å². The molecule has 31 heavy (non-hydrogen) atoms. The van der Waals surface area contributed by atoms with Crippen LogP contribution < -0.4 is 10.6 Å². The van der Waals surface area contributed by atoms with Crippen LogP contribution in [0.5, 0.6) is 0 Å². The van der Waals surface area contributed by atoms with Gasteiger partial charge in [-0.25, -0.2) is 0 Å². The molecule has 5 nitrogen and oxygen atoms in total. The molecule has 1 aliphatic heterocycles. The van der Waals surface area contributed by atoms with Gasteiger partial charge in [0.05, 0.1) is 0 Å². The molecule has 0 aromatic carbocycles. The summed E-state index contributed by atoms with van der Waals surface area (Å²) in [4.78, 5) is 28.4. The molecule has 5 rings (SSSR count). The number of amides is 2. The number of nitrogens with one attached hydrogen (secondary N) is 2. The van der Waals surface area contributed by atoms with Gasteiger partial charge in [-0.2, -0.15) is 0 Å². The van der Waals surface area contributed by atoms with E-state index in [-0.39, 0.29) is 17.2 Å². The predicted molar refractivity (Wildman–Crippen MR) is 121 cm³/mol. The van der Waals surface area contributed by atoms with E-state index < -0.39 is 0 Å². The molecule has 0 spiro atoms. The van der Waals surface area contributed by atoms with Gasteiger partial charge in [0, 0.05) is 36.0 Å². The molecule has 7 atom stereocenters.